The molecule has 3 aromatic rings. The van der Waals surface area contributed by atoms with Crippen molar-refractivity contribution in [2.45, 2.75) is 83.6 Å². The largest absolute Gasteiger partial charge is 0.496 e. The molecular formula is C38H49NO6S. The minimum atomic E-state index is -0.713. The van der Waals surface area contributed by atoms with Crippen molar-refractivity contribution in [1.29, 1.82) is 0 Å². The van der Waals surface area contributed by atoms with Crippen molar-refractivity contribution in [2.75, 3.05) is 32.8 Å². The second-order valence-electron chi connectivity index (χ2n) is 12.1. The lowest BCUT2D eigenvalue weighted by Crippen LogP contribution is -2.42. The molecule has 1 N–H and O–H groups in total. The van der Waals surface area contributed by atoms with E-state index in [4.69, 9.17) is 18.9 Å². The topological polar surface area (TPSA) is 83.1 Å². The fourth-order valence-electron chi connectivity index (χ4n) is 6.08. The Hall–Kier alpha value is -3.33. The first-order chi connectivity index (χ1) is 22.3. The molecule has 0 saturated heterocycles. The molecule has 7 nitrogen and oxygen atoms in total. The van der Waals surface area contributed by atoms with Gasteiger partial charge in [0, 0.05) is 5.56 Å². The fourth-order valence-corrected chi connectivity index (χ4v) is 6.55. The van der Waals surface area contributed by atoms with Gasteiger partial charge < -0.3 is 24.3 Å². The number of amides is 1. The Balaban J connectivity index is 1.40. The quantitative estimate of drug-likeness (QED) is 0.159. The number of aryl methyl sites for hydroxylation is 1. The minimum absolute atomic E-state index is 0.127. The lowest BCUT2D eigenvalue weighted by atomic mass is 9.83. The van der Waals surface area contributed by atoms with E-state index in [1.54, 1.807) is 18.9 Å². The molecule has 1 fully saturated rings. The predicted molar refractivity (Wildman–Crippen MR) is 186 cm³/mol. The zero-order valence-electron chi connectivity index (χ0n) is 27.9. The third-order valence-corrected chi connectivity index (χ3v) is 9.30. The SMILES string of the molecule is COC(=O)[C@H](CCSC)NC(=O)c1ccc(COC(C)COCc2ccc(OC)c(C3CCCCC3)c2)cc1-c1ccccc1C. The second-order valence-corrected chi connectivity index (χ2v) is 13.1. The number of carbonyl (C=O) groups is 2. The van der Waals surface area contributed by atoms with Gasteiger partial charge in [-0.2, -0.15) is 11.8 Å². The standard InChI is InChI=1S/C38H49NO6S/c1-26-11-9-10-14-31(26)34-22-29(15-17-32(34)37(40)39-35(19-20-46-5)38(41)43-4)25-45-27(2)23-44-24-28-16-18-36(42-3)33(21-28)30-12-7-6-8-13-30/h9-11,14-18,21-22,27,30,35H,6-8,12-13,19-20,23-25H2,1-5H3,(H,39,40)/t27?,35-/m0/s1. The maximum atomic E-state index is 13.5. The average Bonchev–Trinajstić information content (AvgIpc) is 3.09. The van der Waals surface area contributed by atoms with Crippen LogP contribution in [0.15, 0.2) is 60.7 Å². The number of hydrogen-bond donors (Lipinski definition) is 1. The number of thioether (sulfide) groups is 1. The number of nitrogens with one attached hydrogen (secondary N) is 1. The normalized spacial score (nSPS) is 14.8. The first-order valence-electron chi connectivity index (χ1n) is 16.3. The van der Waals surface area contributed by atoms with Crippen molar-refractivity contribution < 1.29 is 28.5 Å². The van der Waals surface area contributed by atoms with Gasteiger partial charge in [0.2, 0.25) is 0 Å². The van der Waals surface area contributed by atoms with E-state index in [2.05, 4.69) is 23.5 Å². The molecule has 0 radical (unpaired) electrons. The molecule has 0 aromatic heterocycles. The maximum absolute atomic E-state index is 13.5. The fraction of sp³-hybridized carbons (Fsp3) is 0.474. The van der Waals surface area contributed by atoms with Crippen LogP contribution < -0.4 is 10.1 Å². The monoisotopic (exact) mass is 647 g/mol. The summed E-state index contributed by atoms with van der Waals surface area (Å²) in [6.45, 7) is 5.38. The van der Waals surface area contributed by atoms with Gasteiger partial charge in [-0.25, -0.2) is 4.79 Å². The molecule has 8 heteroatoms. The van der Waals surface area contributed by atoms with Gasteiger partial charge in [-0.3, -0.25) is 4.79 Å². The Kier molecular flexibility index (Phi) is 14.0. The summed E-state index contributed by atoms with van der Waals surface area (Å²) >= 11 is 1.62. The Bertz CT molecular complexity index is 1440. The Morgan fingerprint density at radius 3 is 2.39 bits per heavy atom. The summed E-state index contributed by atoms with van der Waals surface area (Å²) in [7, 11) is 3.09. The molecule has 2 atom stereocenters. The van der Waals surface area contributed by atoms with Crippen LogP contribution in [-0.4, -0.2) is 56.9 Å². The highest BCUT2D eigenvalue weighted by Gasteiger charge is 2.24. The van der Waals surface area contributed by atoms with Gasteiger partial charge >= 0.3 is 5.97 Å². The van der Waals surface area contributed by atoms with E-state index in [0.29, 0.717) is 37.7 Å². The van der Waals surface area contributed by atoms with E-state index in [1.807, 2.05) is 62.6 Å². The van der Waals surface area contributed by atoms with Gasteiger partial charge in [-0.05, 0) is 109 Å². The Morgan fingerprint density at radius 2 is 1.67 bits per heavy atom. The molecule has 0 bridgehead atoms. The van der Waals surface area contributed by atoms with Gasteiger partial charge in [0.25, 0.3) is 5.91 Å². The predicted octanol–water partition coefficient (Wildman–Crippen LogP) is 7.86. The molecule has 0 heterocycles. The number of benzene rings is 3. The van der Waals surface area contributed by atoms with Crippen LogP contribution in [0, 0.1) is 6.92 Å². The summed E-state index contributed by atoms with van der Waals surface area (Å²) < 4.78 is 22.9. The summed E-state index contributed by atoms with van der Waals surface area (Å²) in [5.41, 5.74) is 6.69. The van der Waals surface area contributed by atoms with Crippen molar-refractivity contribution in [1.82, 2.24) is 5.32 Å². The van der Waals surface area contributed by atoms with E-state index in [9.17, 15) is 9.59 Å². The highest BCUT2D eigenvalue weighted by molar-refractivity contribution is 7.98. The van der Waals surface area contributed by atoms with Crippen LogP contribution in [0.3, 0.4) is 0 Å². The number of carbonyl (C=O) groups excluding carboxylic acids is 2. The molecule has 46 heavy (non-hydrogen) atoms. The molecular weight excluding hydrogens is 598 g/mol. The summed E-state index contributed by atoms with van der Waals surface area (Å²) in [6.07, 6.45) is 8.64. The molecule has 248 valence electrons. The van der Waals surface area contributed by atoms with Crippen LogP contribution in [0.2, 0.25) is 0 Å². The third-order valence-electron chi connectivity index (χ3n) is 8.66. The van der Waals surface area contributed by atoms with Crippen LogP contribution in [0.1, 0.15) is 84.0 Å². The highest BCUT2D eigenvalue weighted by atomic mass is 32.2. The van der Waals surface area contributed by atoms with E-state index >= 15 is 0 Å². The van der Waals surface area contributed by atoms with Crippen molar-refractivity contribution in [3.05, 3.63) is 88.5 Å². The number of methoxy groups -OCH3 is 2. The minimum Gasteiger partial charge on any atom is -0.496 e. The molecule has 1 amide bonds. The van der Waals surface area contributed by atoms with Crippen molar-refractivity contribution in [2.24, 2.45) is 0 Å². The van der Waals surface area contributed by atoms with Crippen LogP contribution >= 0.6 is 11.8 Å². The van der Waals surface area contributed by atoms with Crippen LogP contribution in [0.25, 0.3) is 11.1 Å². The second kappa shape index (κ2) is 18.1. The third kappa shape index (κ3) is 9.84. The first kappa shape index (κ1) is 35.5. The molecule has 1 aliphatic carbocycles. The molecule has 1 aliphatic rings. The van der Waals surface area contributed by atoms with Crippen LogP contribution in [0.5, 0.6) is 5.75 Å². The van der Waals surface area contributed by atoms with Gasteiger partial charge in [-0.15, -0.1) is 0 Å². The molecule has 1 saturated carbocycles. The van der Waals surface area contributed by atoms with E-state index in [0.717, 1.165) is 39.3 Å². The number of ether oxygens (including phenoxy) is 4. The van der Waals surface area contributed by atoms with Gasteiger partial charge in [0.1, 0.15) is 11.8 Å². The molecule has 4 rings (SSSR count). The number of esters is 1. The van der Waals surface area contributed by atoms with E-state index in [-0.39, 0.29) is 12.0 Å². The van der Waals surface area contributed by atoms with Crippen LogP contribution in [-0.2, 0) is 32.2 Å². The smallest absolute Gasteiger partial charge is 0.328 e. The Morgan fingerprint density at radius 1 is 0.935 bits per heavy atom. The summed E-state index contributed by atoms with van der Waals surface area (Å²) in [4.78, 5) is 25.9. The molecule has 0 aliphatic heterocycles. The van der Waals surface area contributed by atoms with E-state index in [1.165, 1.54) is 44.8 Å². The summed E-state index contributed by atoms with van der Waals surface area (Å²) in [6, 6.07) is 19.4. The highest BCUT2D eigenvalue weighted by Crippen LogP contribution is 2.38. The number of hydrogen-bond acceptors (Lipinski definition) is 7. The van der Waals surface area contributed by atoms with Crippen molar-refractivity contribution in [3.63, 3.8) is 0 Å². The molecule has 3 aromatic carbocycles. The zero-order chi connectivity index (χ0) is 32.9. The maximum Gasteiger partial charge on any atom is 0.328 e. The Labute approximate surface area is 278 Å². The van der Waals surface area contributed by atoms with Crippen molar-refractivity contribution in [3.8, 4) is 16.9 Å². The molecule has 1 unspecified atom stereocenters. The van der Waals surface area contributed by atoms with Crippen molar-refractivity contribution >= 4 is 23.6 Å². The van der Waals surface area contributed by atoms with Gasteiger partial charge in [0.05, 0.1) is 40.1 Å². The van der Waals surface area contributed by atoms with Gasteiger partial charge in [0.15, 0.2) is 0 Å². The number of rotatable bonds is 16. The van der Waals surface area contributed by atoms with Crippen LogP contribution in [0.4, 0.5) is 0 Å². The lowest BCUT2D eigenvalue weighted by molar-refractivity contribution is -0.142. The zero-order valence-corrected chi connectivity index (χ0v) is 28.8. The van der Waals surface area contributed by atoms with Gasteiger partial charge in [-0.1, -0.05) is 55.7 Å². The average molecular weight is 648 g/mol. The molecule has 0 spiro atoms. The summed E-state index contributed by atoms with van der Waals surface area (Å²) in [5.74, 6) is 1.50. The van der Waals surface area contributed by atoms with E-state index < -0.39 is 12.0 Å². The lowest BCUT2D eigenvalue weighted by Gasteiger charge is -2.24. The summed E-state index contributed by atoms with van der Waals surface area (Å²) in [5, 5.41) is 2.90. The first-order valence-corrected chi connectivity index (χ1v) is 17.7.